The molecule has 1 aliphatic heterocycles. The fraction of sp³-hybridized carbons (Fsp3) is 0.167. The molecule has 2 heterocycles. The number of benzene rings is 2. The largest absolute Gasteiger partial charge is 0.454 e. The van der Waals surface area contributed by atoms with E-state index in [4.69, 9.17) is 9.47 Å². The summed E-state index contributed by atoms with van der Waals surface area (Å²) in [4.78, 5) is 13.3. The third kappa shape index (κ3) is 3.86. The summed E-state index contributed by atoms with van der Waals surface area (Å²) in [6.45, 7) is 2.05. The molecule has 1 N–H and O–H groups in total. The number of carbonyl (C=O) groups is 1. The van der Waals surface area contributed by atoms with E-state index < -0.39 is 0 Å². The van der Waals surface area contributed by atoms with E-state index in [0.717, 1.165) is 21.2 Å². The Hall–Kier alpha value is -3.27. The van der Waals surface area contributed by atoms with Crippen molar-refractivity contribution in [2.45, 2.75) is 13.5 Å². The molecule has 0 saturated heterocycles. The van der Waals surface area contributed by atoms with Gasteiger partial charge < -0.3 is 9.47 Å². The first-order valence-corrected chi connectivity index (χ1v) is 9.14. The lowest BCUT2D eigenvalue weighted by atomic mass is 10.1. The second-order valence-corrected chi connectivity index (χ2v) is 6.83. The molecule has 0 bridgehead atoms. The zero-order valence-electron chi connectivity index (χ0n) is 14.8. The minimum Gasteiger partial charge on any atom is -0.454 e. The second kappa shape index (κ2) is 7.77. The number of fused-ring (bicyclic) bond motifs is 1. The van der Waals surface area contributed by atoms with Crippen molar-refractivity contribution < 1.29 is 14.3 Å². The van der Waals surface area contributed by atoms with Gasteiger partial charge in [0.1, 0.15) is 6.54 Å². The molecule has 0 radical (unpaired) electrons. The number of aromatic nitrogens is 4. The predicted molar refractivity (Wildman–Crippen MR) is 104 cm³/mol. The Morgan fingerprint density at radius 2 is 2.11 bits per heavy atom. The lowest BCUT2D eigenvalue weighted by Gasteiger charge is -2.02. The van der Waals surface area contributed by atoms with Crippen molar-refractivity contribution in [1.29, 1.82) is 0 Å². The van der Waals surface area contributed by atoms with Crippen molar-refractivity contribution in [2.24, 2.45) is 5.10 Å². The minimum atomic E-state index is -0.373. The molecular weight excluding hydrogens is 428 g/mol. The van der Waals surface area contributed by atoms with E-state index in [1.807, 2.05) is 31.2 Å². The van der Waals surface area contributed by atoms with Crippen LogP contribution in [0.3, 0.4) is 0 Å². The smallest absolute Gasteiger partial charge is 0.263 e. The summed E-state index contributed by atoms with van der Waals surface area (Å²) in [5, 5.41) is 16.1. The van der Waals surface area contributed by atoms with Crippen LogP contribution in [0, 0.1) is 6.92 Å². The van der Waals surface area contributed by atoms with Crippen molar-refractivity contribution in [2.75, 3.05) is 6.79 Å². The van der Waals surface area contributed by atoms with Gasteiger partial charge in [0.05, 0.1) is 6.21 Å². The van der Waals surface area contributed by atoms with Gasteiger partial charge in [-0.05, 0) is 45.8 Å². The van der Waals surface area contributed by atoms with Crippen LogP contribution in [-0.4, -0.2) is 39.1 Å². The van der Waals surface area contributed by atoms with Gasteiger partial charge in [0.15, 0.2) is 11.5 Å². The Morgan fingerprint density at radius 1 is 1.32 bits per heavy atom. The third-order valence-electron chi connectivity index (χ3n) is 4.01. The molecule has 4 rings (SSSR count). The van der Waals surface area contributed by atoms with Crippen LogP contribution < -0.4 is 14.9 Å². The van der Waals surface area contributed by atoms with E-state index in [1.165, 1.54) is 11.0 Å². The first kappa shape index (κ1) is 18.1. The molecular formula is C18H15BrN6O3. The number of halogens is 1. The fourth-order valence-corrected chi connectivity index (χ4v) is 3.04. The van der Waals surface area contributed by atoms with Gasteiger partial charge in [-0.2, -0.15) is 9.90 Å². The number of nitrogens with one attached hydrogen (secondary N) is 1. The highest BCUT2D eigenvalue weighted by Crippen LogP contribution is 2.36. The van der Waals surface area contributed by atoms with Gasteiger partial charge in [-0.25, -0.2) is 5.43 Å². The van der Waals surface area contributed by atoms with Crippen molar-refractivity contribution in [3.63, 3.8) is 0 Å². The summed E-state index contributed by atoms with van der Waals surface area (Å²) in [5.41, 5.74) is 5.09. The summed E-state index contributed by atoms with van der Waals surface area (Å²) < 4.78 is 11.4. The first-order chi connectivity index (χ1) is 13.6. The van der Waals surface area contributed by atoms with Crippen LogP contribution in [0.4, 0.5) is 0 Å². The fourth-order valence-electron chi connectivity index (χ4n) is 2.61. The molecule has 142 valence electrons. The normalized spacial score (nSPS) is 12.5. The lowest BCUT2D eigenvalue weighted by Crippen LogP contribution is -2.24. The maximum atomic E-state index is 12.1. The Balaban J connectivity index is 1.38. The summed E-state index contributed by atoms with van der Waals surface area (Å²) in [5.74, 6) is 1.39. The number of hydrogen-bond donors (Lipinski definition) is 1. The Morgan fingerprint density at radius 3 is 2.93 bits per heavy atom. The molecule has 0 saturated carbocycles. The standard InChI is InChI=1S/C18H15BrN6O3/c1-11-4-2-3-5-13(11)18-22-24-25(23-18)9-17(26)21-20-8-12-6-15-16(7-14(12)19)28-10-27-15/h2-8H,9-10H2,1H3,(H,21,26). The van der Waals surface area contributed by atoms with Crippen LogP contribution in [0.25, 0.3) is 11.4 Å². The molecule has 28 heavy (non-hydrogen) atoms. The third-order valence-corrected chi connectivity index (χ3v) is 4.70. The number of ether oxygens (including phenoxy) is 2. The Labute approximate surface area is 168 Å². The van der Waals surface area contributed by atoms with E-state index >= 15 is 0 Å². The van der Waals surface area contributed by atoms with E-state index in [9.17, 15) is 4.79 Å². The molecule has 1 aromatic heterocycles. The van der Waals surface area contributed by atoms with Crippen LogP contribution in [0.1, 0.15) is 11.1 Å². The molecule has 10 heteroatoms. The highest BCUT2D eigenvalue weighted by atomic mass is 79.9. The summed E-state index contributed by atoms with van der Waals surface area (Å²) >= 11 is 3.43. The Bertz CT molecular complexity index is 1070. The maximum Gasteiger partial charge on any atom is 0.263 e. The molecule has 0 unspecified atom stereocenters. The number of aryl methyl sites for hydroxylation is 1. The number of rotatable bonds is 5. The highest BCUT2D eigenvalue weighted by molar-refractivity contribution is 9.10. The Kier molecular flexibility index (Phi) is 5.02. The topological polar surface area (TPSA) is 104 Å². The number of hydrogen-bond acceptors (Lipinski definition) is 7. The molecule has 0 fully saturated rings. The van der Waals surface area contributed by atoms with E-state index in [-0.39, 0.29) is 19.2 Å². The second-order valence-electron chi connectivity index (χ2n) is 5.98. The number of tetrazole rings is 1. The van der Waals surface area contributed by atoms with Crippen LogP contribution in [0.15, 0.2) is 46.0 Å². The van der Waals surface area contributed by atoms with Crippen molar-refractivity contribution in [3.8, 4) is 22.9 Å². The minimum absolute atomic E-state index is 0.0987. The lowest BCUT2D eigenvalue weighted by molar-refractivity contribution is -0.122. The molecule has 3 aromatic rings. The van der Waals surface area contributed by atoms with Crippen molar-refractivity contribution in [1.82, 2.24) is 25.6 Å². The summed E-state index contributed by atoms with van der Waals surface area (Å²) in [6.07, 6.45) is 1.51. The van der Waals surface area contributed by atoms with Gasteiger partial charge in [-0.3, -0.25) is 4.79 Å². The first-order valence-electron chi connectivity index (χ1n) is 8.35. The van der Waals surface area contributed by atoms with Crippen LogP contribution in [0.5, 0.6) is 11.5 Å². The van der Waals surface area contributed by atoms with Gasteiger partial charge in [0, 0.05) is 15.6 Å². The van der Waals surface area contributed by atoms with Crippen LogP contribution in [-0.2, 0) is 11.3 Å². The van der Waals surface area contributed by atoms with E-state index in [2.05, 4.69) is 41.9 Å². The van der Waals surface area contributed by atoms with Gasteiger partial charge >= 0.3 is 0 Å². The van der Waals surface area contributed by atoms with Crippen molar-refractivity contribution in [3.05, 3.63) is 52.0 Å². The molecule has 1 amide bonds. The van der Waals surface area contributed by atoms with Gasteiger partial charge in [-0.1, -0.05) is 24.3 Å². The van der Waals surface area contributed by atoms with E-state index in [1.54, 1.807) is 12.1 Å². The predicted octanol–water partition coefficient (Wildman–Crippen LogP) is 2.29. The molecule has 0 spiro atoms. The highest BCUT2D eigenvalue weighted by Gasteiger charge is 2.15. The van der Waals surface area contributed by atoms with Gasteiger partial charge in [0.25, 0.3) is 5.91 Å². The van der Waals surface area contributed by atoms with E-state index in [0.29, 0.717) is 17.3 Å². The maximum absolute atomic E-state index is 12.1. The summed E-state index contributed by atoms with van der Waals surface area (Å²) in [7, 11) is 0. The number of amides is 1. The summed E-state index contributed by atoms with van der Waals surface area (Å²) in [6, 6.07) is 11.3. The molecule has 0 aliphatic carbocycles. The molecule has 9 nitrogen and oxygen atoms in total. The quantitative estimate of drug-likeness (QED) is 0.480. The number of nitrogens with zero attached hydrogens (tertiary/aromatic N) is 5. The molecule has 2 aromatic carbocycles. The SMILES string of the molecule is Cc1ccccc1-c1nnn(CC(=O)NN=Cc2cc3c(cc2Br)OCO3)n1. The zero-order chi connectivity index (χ0) is 19.5. The number of carbonyl (C=O) groups excluding carboxylic acids is 1. The molecule has 0 atom stereocenters. The van der Waals surface area contributed by atoms with Gasteiger partial charge in [0.2, 0.25) is 12.6 Å². The molecule has 1 aliphatic rings. The van der Waals surface area contributed by atoms with Crippen LogP contribution >= 0.6 is 15.9 Å². The zero-order valence-corrected chi connectivity index (χ0v) is 16.4. The average Bonchev–Trinajstić information content (AvgIpc) is 3.31. The van der Waals surface area contributed by atoms with Gasteiger partial charge in [-0.15, -0.1) is 10.2 Å². The average molecular weight is 443 g/mol. The number of hydrazone groups is 1. The van der Waals surface area contributed by atoms with Crippen molar-refractivity contribution >= 4 is 28.1 Å². The van der Waals surface area contributed by atoms with Crippen LogP contribution in [0.2, 0.25) is 0 Å². The monoisotopic (exact) mass is 442 g/mol.